The maximum Gasteiger partial charge on any atom is 0.405 e. The summed E-state index contributed by atoms with van der Waals surface area (Å²) in [5.74, 6) is 0. The summed E-state index contributed by atoms with van der Waals surface area (Å²) in [5, 5.41) is 4.07. The predicted octanol–water partition coefficient (Wildman–Crippen LogP) is 0.178. The maximum atomic E-state index is 11.8. The first-order valence-electron chi connectivity index (χ1n) is 5.25. The number of rotatable bonds is 3. The van der Waals surface area contributed by atoms with Gasteiger partial charge in [0.1, 0.15) is 6.54 Å². The summed E-state index contributed by atoms with van der Waals surface area (Å²) in [6.07, 6.45) is -4.57. The van der Waals surface area contributed by atoms with Gasteiger partial charge in [-0.3, -0.25) is 0 Å². The molecule has 1 heterocycles. The maximum absolute atomic E-state index is 11.8. The molecule has 17 heavy (non-hydrogen) atoms. The Kier molecular flexibility index (Phi) is 5.01. The van der Waals surface area contributed by atoms with Gasteiger partial charge in [0.15, 0.2) is 0 Å². The first-order chi connectivity index (χ1) is 7.87. The van der Waals surface area contributed by atoms with Crippen LogP contribution in [0.3, 0.4) is 0 Å². The van der Waals surface area contributed by atoms with Crippen molar-refractivity contribution in [1.82, 2.24) is 15.5 Å². The van der Waals surface area contributed by atoms with Gasteiger partial charge in [-0.2, -0.15) is 13.2 Å². The van der Waals surface area contributed by atoms with Crippen LogP contribution in [0.25, 0.3) is 0 Å². The second-order valence-electron chi connectivity index (χ2n) is 3.93. The summed E-state index contributed by atoms with van der Waals surface area (Å²) in [6, 6.07) is -0.834. The molecule has 1 aliphatic rings. The Bertz CT molecular complexity index is 260. The topological polar surface area (TPSA) is 53.6 Å². The molecule has 100 valence electrons. The van der Waals surface area contributed by atoms with Gasteiger partial charge in [-0.15, -0.1) is 0 Å². The zero-order valence-electron chi connectivity index (χ0n) is 9.51. The van der Waals surface area contributed by atoms with Crippen LogP contribution in [0.4, 0.5) is 18.0 Å². The average Bonchev–Trinajstić information content (AvgIpc) is 2.23. The fourth-order valence-electron chi connectivity index (χ4n) is 1.44. The normalized spacial score (nSPS) is 22.2. The Morgan fingerprint density at radius 3 is 2.76 bits per heavy atom. The van der Waals surface area contributed by atoms with Crippen LogP contribution in [0, 0.1) is 0 Å². The fraction of sp³-hybridized carbons (Fsp3) is 0.889. The van der Waals surface area contributed by atoms with Crippen molar-refractivity contribution in [3.8, 4) is 0 Å². The molecule has 1 fully saturated rings. The van der Waals surface area contributed by atoms with Crippen molar-refractivity contribution in [3.05, 3.63) is 0 Å². The number of urea groups is 1. The van der Waals surface area contributed by atoms with E-state index in [0.29, 0.717) is 13.2 Å². The highest BCUT2D eigenvalue weighted by Gasteiger charge is 2.27. The van der Waals surface area contributed by atoms with E-state index in [-0.39, 0.29) is 12.6 Å². The molecule has 0 spiro atoms. The first-order valence-corrected chi connectivity index (χ1v) is 5.25. The van der Waals surface area contributed by atoms with Gasteiger partial charge in [0.2, 0.25) is 0 Å². The second-order valence-corrected chi connectivity index (χ2v) is 3.93. The summed E-state index contributed by atoms with van der Waals surface area (Å²) in [4.78, 5) is 13.1. The van der Waals surface area contributed by atoms with Gasteiger partial charge >= 0.3 is 12.2 Å². The molecular formula is C9H16F3N3O2. The number of hydrogen-bond donors (Lipinski definition) is 2. The number of alkyl halides is 3. The highest BCUT2D eigenvalue weighted by molar-refractivity contribution is 5.73. The number of likely N-dealkylation sites (N-methyl/N-ethyl adjacent to an activating group) is 1. The van der Waals surface area contributed by atoms with Gasteiger partial charge in [-0.05, 0) is 7.05 Å². The molecule has 0 aromatic carbocycles. The number of hydrogen-bond acceptors (Lipinski definition) is 3. The van der Waals surface area contributed by atoms with Crippen LogP contribution in [-0.2, 0) is 4.74 Å². The van der Waals surface area contributed by atoms with Gasteiger partial charge in [0.05, 0.1) is 12.7 Å². The number of morpholine rings is 1. The minimum atomic E-state index is -4.39. The minimum Gasteiger partial charge on any atom is -0.374 e. The molecule has 0 aromatic rings. The van der Waals surface area contributed by atoms with Gasteiger partial charge in [0, 0.05) is 19.6 Å². The Morgan fingerprint density at radius 2 is 2.18 bits per heavy atom. The molecule has 5 nitrogen and oxygen atoms in total. The smallest absolute Gasteiger partial charge is 0.374 e. The third kappa shape index (κ3) is 6.32. The van der Waals surface area contributed by atoms with E-state index in [1.807, 2.05) is 11.9 Å². The molecule has 0 bridgehead atoms. The third-order valence-corrected chi connectivity index (χ3v) is 2.28. The molecule has 1 unspecified atom stereocenters. The molecule has 1 aliphatic heterocycles. The number of carbonyl (C=O) groups is 1. The van der Waals surface area contributed by atoms with Crippen molar-refractivity contribution in [2.75, 3.05) is 39.8 Å². The van der Waals surface area contributed by atoms with E-state index < -0.39 is 18.8 Å². The van der Waals surface area contributed by atoms with E-state index in [4.69, 9.17) is 4.74 Å². The van der Waals surface area contributed by atoms with Crippen molar-refractivity contribution >= 4 is 6.03 Å². The number of nitrogens with one attached hydrogen (secondary N) is 2. The Morgan fingerprint density at radius 1 is 1.47 bits per heavy atom. The van der Waals surface area contributed by atoms with Crippen LogP contribution in [0.15, 0.2) is 0 Å². The minimum absolute atomic E-state index is 0.176. The summed E-state index contributed by atoms with van der Waals surface area (Å²) >= 11 is 0. The van der Waals surface area contributed by atoms with Gasteiger partial charge in [-0.1, -0.05) is 0 Å². The summed E-state index contributed by atoms with van der Waals surface area (Å²) in [7, 11) is 1.92. The van der Waals surface area contributed by atoms with Gasteiger partial charge in [0.25, 0.3) is 0 Å². The Hall–Kier alpha value is -1.02. The zero-order chi connectivity index (χ0) is 12.9. The highest BCUT2D eigenvalue weighted by Crippen LogP contribution is 2.11. The van der Waals surface area contributed by atoms with Crippen molar-refractivity contribution < 1.29 is 22.7 Å². The monoisotopic (exact) mass is 255 g/mol. The lowest BCUT2D eigenvalue weighted by Crippen LogP contribution is -2.48. The fourth-order valence-corrected chi connectivity index (χ4v) is 1.44. The molecule has 2 N–H and O–H groups in total. The number of halogens is 3. The molecule has 0 saturated carbocycles. The SMILES string of the molecule is CN1CCOC(CNC(=O)NCC(F)(F)F)C1. The van der Waals surface area contributed by atoms with Crippen LogP contribution in [0.2, 0.25) is 0 Å². The van der Waals surface area contributed by atoms with Gasteiger partial charge in [-0.25, -0.2) is 4.79 Å². The lowest BCUT2D eigenvalue weighted by Gasteiger charge is -2.30. The van der Waals surface area contributed by atoms with Crippen molar-refractivity contribution in [3.63, 3.8) is 0 Å². The van der Waals surface area contributed by atoms with Crippen molar-refractivity contribution in [2.24, 2.45) is 0 Å². The number of amides is 2. The van der Waals surface area contributed by atoms with Crippen LogP contribution in [0.1, 0.15) is 0 Å². The largest absolute Gasteiger partial charge is 0.405 e. The van der Waals surface area contributed by atoms with Crippen LogP contribution >= 0.6 is 0 Å². The molecule has 1 atom stereocenters. The Balaban J connectivity index is 2.15. The Labute approximate surface area is 97.3 Å². The average molecular weight is 255 g/mol. The van der Waals surface area contributed by atoms with E-state index >= 15 is 0 Å². The lowest BCUT2D eigenvalue weighted by molar-refractivity contribution is -0.122. The summed E-state index contributed by atoms with van der Waals surface area (Å²) in [5.41, 5.74) is 0. The number of ether oxygens (including phenoxy) is 1. The molecule has 2 amide bonds. The van der Waals surface area contributed by atoms with Crippen LogP contribution in [-0.4, -0.2) is 63.0 Å². The van der Waals surface area contributed by atoms with E-state index in [9.17, 15) is 18.0 Å². The molecule has 1 saturated heterocycles. The highest BCUT2D eigenvalue weighted by atomic mass is 19.4. The quantitative estimate of drug-likeness (QED) is 0.756. The molecular weight excluding hydrogens is 239 g/mol. The third-order valence-electron chi connectivity index (χ3n) is 2.28. The number of carbonyl (C=O) groups excluding carboxylic acids is 1. The molecule has 0 aromatic heterocycles. The van der Waals surface area contributed by atoms with Gasteiger partial charge < -0.3 is 20.3 Å². The van der Waals surface area contributed by atoms with E-state index in [1.165, 1.54) is 0 Å². The van der Waals surface area contributed by atoms with E-state index in [2.05, 4.69) is 5.32 Å². The van der Waals surface area contributed by atoms with E-state index in [0.717, 1.165) is 6.54 Å². The lowest BCUT2D eigenvalue weighted by atomic mass is 10.3. The van der Waals surface area contributed by atoms with Crippen LogP contribution in [0.5, 0.6) is 0 Å². The summed E-state index contributed by atoms with van der Waals surface area (Å²) < 4.78 is 40.7. The second kappa shape index (κ2) is 6.06. The molecule has 0 radical (unpaired) electrons. The molecule has 1 rings (SSSR count). The number of nitrogens with zero attached hydrogens (tertiary/aromatic N) is 1. The van der Waals surface area contributed by atoms with Crippen molar-refractivity contribution in [2.45, 2.75) is 12.3 Å². The van der Waals surface area contributed by atoms with Crippen molar-refractivity contribution in [1.29, 1.82) is 0 Å². The first kappa shape index (κ1) is 14.0. The molecule has 8 heteroatoms. The zero-order valence-corrected chi connectivity index (χ0v) is 9.51. The predicted molar refractivity (Wildman–Crippen MR) is 54.7 cm³/mol. The standard InChI is InChI=1S/C9H16F3N3O2/c1-15-2-3-17-7(5-15)4-13-8(16)14-6-9(10,11)12/h7H,2-6H2,1H3,(H2,13,14,16). The van der Waals surface area contributed by atoms with Crippen LogP contribution < -0.4 is 10.6 Å². The molecule has 0 aliphatic carbocycles. The van der Waals surface area contributed by atoms with E-state index in [1.54, 1.807) is 5.32 Å². The summed E-state index contributed by atoms with van der Waals surface area (Å²) in [6.45, 7) is 0.904.